The molecule has 0 unspecified atom stereocenters. The summed E-state index contributed by atoms with van der Waals surface area (Å²) in [4.78, 5) is 12.9. The Labute approximate surface area is 104 Å². The summed E-state index contributed by atoms with van der Waals surface area (Å²) in [6.07, 6.45) is 2.24. The van der Waals surface area contributed by atoms with Crippen LogP contribution >= 0.6 is 23.2 Å². The molecule has 0 radical (unpaired) electrons. The van der Waals surface area contributed by atoms with E-state index in [0.29, 0.717) is 10.0 Å². The number of hydrogen-bond acceptors (Lipinski definition) is 2. The molecule has 0 bridgehead atoms. The third kappa shape index (κ3) is 2.11. The van der Waals surface area contributed by atoms with Gasteiger partial charge in [0.15, 0.2) is 0 Å². The first-order valence-corrected chi connectivity index (χ1v) is 5.82. The summed E-state index contributed by atoms with van der Waals surface area (Å²) >= 11 is 12.1. The van der Waals surface area contributed by atoms with Crippen LogP contribution in [0.5, 0.6) is 0 Å². The Kier molecular flexibility index (Phi) is 3.26. The van der Waals surface area contributed by atoms with Gasteiger partial charge < -0.3 is 10.0 Å². The summed E-state index contributed by atoms with van der Waals surface area (Å²) < 4.78 is 0. The monoisotopic (exact) mass is 259 g/mol. The SMILES string of the molecule is O=C(O)c1cc(Cl)c(N2CCCC2)c(Cl)c1. The van der Waals surface area contributed by atoms with Crippen molar-refractivity contribution in [2.45, 2.75) is 12.8 Å². The predicted octanol–water partition coefficient (Wildman–Crippen LogP) is 3.29. The fraction of sp³-hybridized carbons (Fsp3) is 0.364. The van der Waals surface area contributed by atoms with Crippen LogP contribution < -0.4 is 4.90 Å². The highest BCUT2D eigenvalue weighted by molar-refractivity contribution is 6.39. The second kappa shape index (κ2) is 4.52. The second-order valence-corrected chi connectivity index (χ2v) is 4.60. The summed E-state index contributed by atoms with van der Waals surface area (Å²) in [6, 6.07) is 2.90. The van der Waals surface area contributed by atoms with Crippen LogP contribution in [0, 0.1) is 0 Å². The van der Waals surface area contributed by atoms with E-state index in [1.54, 1.807) is 0 Å². The highest BCUT2D eigenvalue weighted by Gasteiger charge is 2.20. The zero-order valence-electron chi connectivity index (χ0n) is 8.54. The minimum atomic E-state index is -1.02. The molecule has 1 aromatic carbocycles. The highest BCUT2D eigenvalue weighted by Crippen LogP contribution is 2.36. The van der Waals surface area contributed by atoms with E-state index in [9.17, 15) is 4.79 Å². The number of rotatable bonds is 2. The van der Waals surface area contributed by atoms with Gasteiger partial charge in [-0.05, 0) is 25.0 Å². The standard InChI is InChI=1S/C11H11Cl2NO2/c12-8-5-7(11(15)16)6-9(13)10(8)14-3-1-2-4-14/h5-6H,1-4H2,(H,15,16). The molecule has 1 N–H and O–H groups in total. The molecular formula is C11H11Cl2NO2. The van der Waals surface area contributed by atoms with E-state index in [4.69, 9.17) is 28.3 Å². The summed E-state index contributed by atoms with van der Waals surface area (Å²) in [7, 11) is 0. The molecule has 5 heteroatoms. The number of aromatic carboxylic acids is 1. The van der Waals surface area contributed by atoms with Crippen LogP contribution in [0.3, 0.4) is 0 Å². The van der Waals surface area contributed by atoms with E-state index in [-0.39, 0.29) is 5.56 Å². The molecule has 16 heavy (non-hydrogen) atoms. The Morgan fingerprint density at radius 3 is 2.12 bits per heavy atom. The van der Waals surface area contributed by atoms with Gasteiger partial charge in [0.2, 0.25) is 0 Å². The molecule has 1 saturated heterocycles. The van der Waals surface area contributed by atoms with Crippen molar-refractivity contribution >= 4 is 34.9 Å². The first-order chi connectivity index (χ1) is 7.59. The fourth-order valence-electron chi connectivity index (χ4n) is 1.93. The highest BCUT2D eigenvalue weighted by atomic mass is 35.5. The number of halogens is 2. The molecule has 86 valence electrons. The lowest BCUT2D eigenvalue weighted by Gasteiger charge is -2.20. The van der Waals surface area contributed by atoms with Gasteiger partial charge in [0.1, 0.15) is 0 Å². The average Bonchev–Trinajstić information content (AvgIpc) is 2.69. The van der Waals surface area contributed by atoms with Gasteiger partial charge in [-0.2, -0.15) is 0 Å². The minimum Gasteiger partial charge on any atom is -0.478 e. The Morgan fingerprint density at radius 2 is 1.69 bits per heavy atom. The summed E-state index contributed by atoms with van der Waals surface area (Å²) in [5.41, 5.74) is 0.879. The lowest BCUT2D eigenvalue weighted by Crippen LogP contribution is -2.18. The van der Waals surface area contributed by atoms with Crippen molar-refractivity contribution in [2.24, 2.45) is 0 Å². The smallest absolute Gasteiger partial charge is 0.335 e. The third-order valence-corrected chi connectivity index (χ3v) is 3.26. The average molecular weight is 260 g/mol. The molecule has 0 spiro atoms. The second-order valence-electron chi connectivity index (χ2n) is 3.79. The third-order valence-electron chi connectivity index (χ3n) is 2.69. The Morgan fingerprint density at radius 1 is 1.19 bits per heavy atom. The molecule has 1 aromatic rings. The number of benzene rings is 1. The molecular weight excluding hydrogens is 249 g/mol. The number of hydrogen-bond donors (Lipinski definition) is 1. The van der Waals surface area contributed by atoms with Crippen LogP contribution in [-0.2, 0) is 0 Å². The van der Waals surface area contributed by atoms with Gasteiger partial charge in [-0.1, -0.05) is 23.2 Å². The molecule has 0 aliphatic carbocycles. The number of carbonyl (C=O) groups is 1. The van der Waals surface area contributed by atoms with Crippen molar-refractivity contribution in [2.75, 3.05) is 18.0 Å². The van der Waals surface area contributed by atoms with E-state index in [1.807, 2.05) is 0 Å². The van der Waals surface area contributed by atoms with Crippen LogP contribution in [0.4, 0.5) is 5.69 Å². The van der Waals surface area contributed by atoms with E-state index >= 15 is 0 Å². The summed E-state index contributed by atoms with van der Waals surface area (Å²) in [5, 5.41) is 9.68. The van der Waals surface area contributed by atoms with Crippen molar-refractivity contribution < 1.29 is 9.90 Å². The van der Waals surface area contributed by atoms with Crippen molar-refractivity contribution in [3.8, 4) is 0 Å². The maximum absolute atomic E-state index is 10.8. The molecule has 0 atom stereocenters. The number of carboxylic acid groups (broad SMARTS) is 1. The van der Waals surface area contributed by atoms with Crippen molar-refractivity contribution in [1.82, 2.24) is 0 Å². The maximum Gasteiger partial charge on any atom is 0.335 e. The van der Waals surface area contributed by atoms with E-state index in [1.165, 1.54) is 12.1 Å². The van der Waals surface area contributed by atoms with Crippen LogP contribution in [0.1, 0.15) is 23.2 Å². The van der Waals surface area contributed by atoms with Gasteiger partial charge in [0.05, 0.1) is 21.3 Å². The van der Waals surface area contributed by atoms with Gasteiger partial charge in [-0.3, -0.25) is 0 Å². The predicted molar refractivity (Wildman–Crippen MR) is 64.9 cm³/mol. The van der Waals surface area contributed by atoms with Crippen LogP contribution in [-0.4, -0.2) is 24.2 Å². The topological polar surface area (TPSA) is 40.5 Å². The minimum absolute atomic E-state index is 0.123. The Balaban J connectivity index is 2.42. The summed E-state index contributed by atoms with van der Waals surface area (Å²) in [6.45, 7) is 1.84. The molecule has 1 aliphatic rings. The normalized spacial score (nSPS) is 15.5. The van der Waals surface area contributed by atoms with Crippen molar-refractivity contribution in [3.05, 3.63) is 27.7 Å². The van der Waals surface area contributed by atoms with E-state index in [0.717, 1.165) is 31.6 Å². The molecule has 0 aromatic heterocycles. The molecule has 1 aliphatic heterocycles. The van der Waals surface area contributed by atoms with Crippen molar-refractivity contribution in [1.29, 1.82) is 0 Å². The van der Waals surface area contributed by atoms with Crippen LogP contribution in [0.25, 0.3) is 0 Å². The van der Waals surface area contributed by atoms with Crippen LogP contribution in [0.2, 0.25) is 10.0 Å². The number of carboxylic acids is 1. The molecule has 3 nitrogen and oxygen atoms in total. The Bertz CT molecular complexity index is 405. The van der Waals surface area contributed by atoms with Crippen molar-refractivity contribution in [3.63, 3.8) is 0 Å². The van der Waals surface area contributed by atoms with Gasteiger partial charge >= 0.3 is 5.97 Å². The maximum atomic E-state index is 10.8. The molecule has 0 amide bonds. The fourth-order valence-corrected chi connectivity index (χ4v) is 2.66. The molecule has 0 saturated carbocycles. The molecule has 1 fully saturated rings. The summed E-state index contributed by atoms with van der Waals surface area (Å²) in [5.74, 6) is -1.02. The first kappa shape index (κ1) is 11.6. The lowest BCUT2D eigenvalue weighted by molar-refractivity contribution is 0.0697. The zero-order valence-corrected chi connectivity index (χ0v) is 10.1. The first-order valence-electron chi connectivity index (χ1n) is 5.07. The van der Waals surface area contributed by atoms with E-state index in [2.05, 4.69) is 4.90 Å². The zero-order chi connectivity index (χ0) is 11.7. The largest absolute Gasteiger partial charge is 0.478 e. The van der Waals surface area contributed by atoms with Crippen LogP contribution in [0.15, 0.2) is 12.1 Å². The van der Waals surface area contributed by atoms with E-state index < -0.39 is 5.97 Å². The molecule has 1 heterocycles. The lowest BCUT2D eigenvalue weighted by atomic mass is 10.2. The van der Waals surface area contributed by atoms with Gasteiger partial charge in [-0.15, -0.1) is 0 Å². The number of nitrogens with zero attached hydrogens (tertiary/aromatic N) is 1. The molecule has 2 rings (SSSR count). The van der Waals surface area contributed by atoms with Gasteiger partial charge in [0.25, 0.3) is 0 Å². The number of anilines is 1. The quantitative estimate of drug-likeness (QED) is 0.886. The van der Waals surface area contributed by atoms with Gasteiger partial charge in [0, 0.05) is 13.1 Å². The van der Waals surface area contributed by atoms with Gasteiger partial charge in [-0.25, -0.2) is 4.79 Å². The Hall–Kier alpha value is -0.930.